The molecule has 0 spiro atoms. The van der Waals surface area contributed by atoms with Crippen LogP contribution in [0.3, 0.4) is 0 Å². The first-order valence-corrected chi connectivity index (χ1v) is 7.41. The van der Waals surface area contributed by atoms with Gasteiger partial charge in [-0.3, -0.25) is 0 Å². The van der Waals surface area contributed by atoms with Gasteiger partial charge in [-0.25, -0.2) is 4.98 Å². The Morgan fingerprint density at radius 3 is 2.94 bits per heavy atom. The lowest BCUT2D eigenvalue weighted by molar-refractivity contribution is 0.118. The molecule has 0 unspecified atom stereocenters. The molecule has 0 aliphatic carbocycles. The van der Waals surface area contributed by atoms with Gasteiger partial charge in [0.1, 0.15) is 0 Å². The molecule has 3 nitrogen and oxygen atoms in total. The first kappa shape index (κ1) is 13.0. The van der Waals surface area contributed by atoms with Crippen molar-refractivity contribution >= 4 is 11.3 Å². The van der Waals surface area contributed by atoms with Crippen LogP contribution < -0.4 is 5.32 Å². The number of nitrogens with one attached hydrogen (secondary N) is 1. The minimum Gasteiger partial charge on any atom is -0.381 e. The number of aryl methyl sites for hydroxylation is 1. The van der Waals surface area contributed by atoms with Crippen molar-refractivity contribution in [1.29, 1.82) is 0 Å². The molecule has 0 amide bonds. The van der Waals surface area contributed by atoms with Crippen molar-refractivity contribution < 1.29 is 4.74 Å². The topological polar surface area (TPSA) is 34.1 Å². The maximum atomic E-state index is 5.72. The predicted molar refractivity (Wildman–Crippen MR) is 71.6 cm³/mol. The van der Waals surface area contributed by atoms with Crippen molar-refractivity contribution in [3.8, 4) is 0 Å². The molecule has 1 aliphatic rings. The maximum Gasteiger partial charge on any atom is 0.0797 e. The van der Waals surface area contributed by atoms with Crippen molar-refractivity contribution in [2.45, 2.75) is 32.6 Å². The molecular weight excluding hydrogens is 232 g/mol. The van der Waals surface area contributed by atoms with E-state index in [9.17, 15) is 0 Å². The SMILES string of the molecule is Cc1ncsc1CCOCCC1CCNCC1. The summed E-state index contributed by atoms with van der Waals surface area (Å²) in [4.78, 5) is 5.61. The van der Waals surface area contributed by atoms with Crippen LogP contribution in [-0.2, 0) is 11.2 Å². The summed E-state index contributed by atoms with van der Waals surface area (Å²) in [6.45, 7) is 6.20. The van der Waals surface area contributed by atoms with Crippen LogP contribution in [0.15, 0.2) is 5.51 Å². The lowest BCUT2D eigenvalue weighted by atomic mass is 9.95. The van der Waals surface area contributed by atoms with Gasteiger partial charge in [-0.05, 0) is 45.2 Å². The first-order valence-electron chi connectivity index (χ1n) is 6.53. The average molecular weight is 254 g/mol. The Bertz CT molecular complexity index is 321. The summed E-state index contributed by atoms with van der Waals surface area (Å²) in [5, 5.41) is 3.39. The van der Waals surface area contributed by atoms with Crippen molar-refractivity contribution in [2.24, 2.45) is 5.92 Å². The van der Waals surface area contributed by atoms with Crippen LogP contribution in [0.2, 0.25) is 0 Å². The predicted octanol–water partition coefficient (Wildman–Crippen LogP) is 2.40. The zero-order chi connectivity index (χ0) is 11.9. The number of hydrogen-bond donors (Lipinski definition) is 1. The quantitative estimate of drug-likeness (QED) is 0.792. The number of aromatic nitrogens is 1. The Kier molecular flexibility index (Phi) is 5.42. The Labute approximate surface area is 108 Å². The molecular formula is C13H22N2OS. The Hall–Kier alpha value is -0.450. The summed E-state index contributed by atoms with van der Waals surface area (Å²) in [7, 11) is 0. The average Bonchev–Trinajstić information content (AvgIpc) is 2.76. The number of piperidine rings is 1. The van der Waals surface area contributed by atoms with E-state index in [0.717, 1.165) is 31.2 Å². The number of thiazole rings is 1. The van der Waals surface area contributed by atoms with Crippen molar-refractivity contribution in [3.63, 3.8) is 0 Å². The van der Waals surface area contributed by atoms with Gasteiger partial charge in [0.05, 0.1) is 17.8 Å². The van der Waals surface area contributed by atoms with E-state index in [0.29, 0.717) is 0 Å². The zero-order valence-electron chi connectivity index (χ0n) is 10.6. The highest BCUT2D eigenvalue weighted by atomic mass is 32.1. The summed E-state index contributed by atoms with van der Waals surface area (Å²) < 4.78 is 5.72. The number of nitrogens with zero attached hydrogens (tertiary/aromatic N) is 1. The molecule has 1 fully saturated rings. The van der Waals surface area contributed by atoms with Gasteiger partial charge in [0.15, 0.2) is 0 Å². The second-order valence-corrected chi connectivity index (χ2v) is 5.64. The Morgan fingerprint density at radius 1 is 1.41 bits per heavy atom. The minimum absolute atomic E-state index is 0.841. The molecule has 0 radical (unpaired) electrons. The summed E-state index contributed by atoms with van der Waals surface area (Å²) in [5.41, 5.74) is 3.08. The summed E-state index contributed by atoms with van der Waals surface area (Å²) >= 11 is 1.74. The molecule has 17 heavy (non-hydrogen) atoms. The molecule has 4 heteroatoms. The van der Waals surface area contributed by atoms with Gasteiger partial charge in [-0.15, -0.1) is 11.3 Å². The lowest BCUT2D eigenvalue weighted by Crippen LogP contribution is -2.28. The molecule has 2 rings (SSSR count). The molecule has 1 aliphatic heterocycles. The Balaban J connectivity index is 1.53. The van der Waals surface area contributed by atoms with E-state index in [1.807, 2.05) is 5.51 Å². The molecule has 1 saturated heterocycles. The van der Waals surface area contributed by atoms with Gasteiger partial charge in [0, 0.05) is 17.9 Å². The van der Waals surface area contributed by atoms with E-state index in [-0.39, 0.29) is 0 Å². The monoisotopic (exact) mass is 254 g/mol. The van der Waals surface area contributed by atoms with Gasteiger partial charge in [-0.2, -0.15) is 0 Å². The number of ether oxygens (including phenoxy) is 1. The lowest BCUT2D eigenvalue weighted by Gasteiger charge is -2.22. The molecule has 1 N–H and O–H groups in total. The van der Waals surface area contributed by atoms with Crippen molar-refractivity contribution in [2.75, 3.05) is 26.3 Å². The second-order valence-electron chi connectivity index (χ2n) is 4.71. The highest BCUT2D eigenvalue weighted by molar-refractivity contribution is 7.09. The van der Waals surface area contributed by atoms with Gasteiger partial charge in [-0.1, -0.05) is 0 Å². The molecule has 1 aromatic rings. The van der Waals surface area contributed by atoms with E-state index in [2.05, 4.69) is 17.2 Å². The van der Waals surface area contributed by atoms with E-state index in [1.165, 1.54) is 37.2 Å². The molecule has 0 saturated carbocycles. The summed E-state index contributed by atoms with van der Waals surface area (Å²) in [5.74, 6) is 0.876. The van der Waals surface area contributed by atoms with E-state index < -0.39 is 0 Å². The molecule has 0 aromatic carbocycles. The number of hydrogen-bond acceptors (Lipinski definition) is 4. The van der Waals surface area contributed by atoms with E-state index in [4.69, 9.17) is 4.74 Å². The van der Waals surface area contributed by atoms with Crippen LogP contribution >= 0.6 is 11.3 Å². The minimum atomic E-state index is 0.841. The highest BCUT2D eigenvalue weighted by Crippen LogP contribution is 2.16. The van der Waals surface area contributed by atoms with Crippen LogP contribution in [0.4, 0.5) is 0 Å². The molecule has 1 aromatic heterocycles. The van der Waals surface area contributed by atoms with Gasteiger partial charge >= 0.3 is 0 Å². The number of rotatable bonds is 6. The summed E-state index contributed by atoms with van der Waals surface area (Å²) in [6.07, 6.45) is 4.88. The van der Waals surface area contributed by atoms with Crippen molar-refractivity contribution in [3.05, 3.63) is 16.1 Å². The fourth-order valence-corrected chi connectivity index (χ4v) is 3.02. The smallest absolute Gasteiger partial charge is 0.0797 e. The largest absolute Gasteiger partial charge is 0.381 e. The third-order valence-electron chi connectivity index (χ3n) is 3.45. The standard InChI is InChI=1S/C13H22N2OS/c1-11-13(17-10-15-11)5-9-16-8-4-12-2-6-14-7-3-12/h10,12,14H,2-9H2,1H3. The van der Waals surface area contributed by atoms with Crippen LogP contribution in [-0.4, -0.2) is 31.3 Å². The zero-order valence-corrected chi connectivity index (χ0v) is 11.4. The highest BCUT2D eigenvalue weighted by Gasteiger charge is 2.12. The third kappa shape index (κ3) is 4.37. The second kappa shape index (κ2) is 7.09. The molecule has 0 bridgehead atoms. The van der Waals surface area contributed by atoms with Gasteiger partial charge < -0.3 is 10.1 Å². The fourth-order valence-electron chi connectivity index (χ4n) is 2.25. The van der Waals surface area contributed by atoms with Gasteiger partial charge in [0.25, 0.3) is 0 Å². The third-order valence-corrected chi connectivity index (χ3v) is 4.44. The van der Waals surface area contributed by atoms with E-state index >= 15 is 0 Å². The van der Waals surface area contributed by atoms with Gasteiger partial charge in [0.2, 0.25) is 0 Å². The van der Waals surface area contributed by atoms with Crippen LogP contribution in [0.1, 0.15) is 29.8 Å². The molecule has 96 valence electrons. The summed E-state index contributed by atoms with van der Waals surface area (Å²) in [6, 6.07) is 0. The fraction of sp³-hybridized carbons (Fsp3) is 0.769. The molecule has 2 heterocycles. The molecule has 0 atom stereocenters. The maximum absolute atomic E-state index is 5.72. The normalized spacial score (nSPS) is 17.5. The van der Waals surface area contributed by atoms with E-state index in [1.54, 1.807) is 11.3 Å². The Morgan fingerprint density at radius 2 is 2.24 bits per heavy atom. The van der Waals surface area contributed by atoms with Crippen LogP contribution in [0.25, 0.3) is 0 Å². The van der Waals surface area contributed by atoms with Crippen molar-refractivity contribution in [1.82, 2.24) is 10.3 Å². The first-order chi connectivity index (χ1) is 8.36. The van der Waals surface area contributed by atoms with Crippen LogP contribution in [0.5, 0.6) is 0 Å². The van der Waals surface area contributed by atoms with Crippen LogP contribution in [0, 0.1) is 12.8 Å².